The summed E-state index contributed by atoms with van der Waals surface area (Å²) in [4.78, 5) is 10.9. The lowest BCUT2D eigenvalue weighted by Crippen LogP contribution is -2.13. The van der Waals surface area contributed by atoms with E-state index in [1.165, 1.54) is 6.07 Å². The van der Waals surface area contributed by atoms with Crippen molar-refractivity contribution >= 4 is 33.2 Å². The lowest BCUT2D eigenvalue weighted by Gasteiger charge is -2.17. The molecule has 0 heterocycles. The van der Waals surface area contributed by atoms with Crippen molar-refractivity contribution in [3.63, 3.8) is 0 Å². The van der Waals surface area contributed by atoms with Crippen LogP contribution in [0.5, 0.6) is 0 Å². The monoisotopic (exact) mass is 319 g/mol. The molecular formula is C12H15BrClNO2. The molecule has 0 aliphatic rings. The summed E-state index contributed by atoms with van der Waals surface area (Å²) in [5, 5.41) is 11.4. The Hall–Kier alpha value is -0.610. The zero-order valence-corrected chi connectivity index (χ0v) is 12.2. The van der Waals surface area contributed by atoms with E-state index >= 15 is 0 Å². The van der Waals surface area contributed by atoms with Gasteiger partial charge in [0.1, 0.15) is 0 Å². The van der Waals surface area contributed by atoms with Crippen LogP contribution in [0.2, 0.25) is 5.02 Å². The van der Waals surface area contributed by atoms with Gasteiger partial charge in [0.25, 0.3) is 5.69 Å². The largest absolute Gasteiger partial charge is 0.274 e. The molecule has 1 rings (SSSR count). The number of nitro benzene ring substituents is 1. The van der Waals surface area contributed by atoms with Crippen molar-refractivity contribution in [3.05, 3.63) is 38.9 Å². The van der Waals surface area contributed by atoms with Crippen LogP contribution < -0.4 is 0 Å². The molecule has 5 heteroatoms. The van der Waals surface area contributed by atoms with Crippen molar-refractivity contribution in [1.29, 1.82) is 0 Å². The van der Waals surface area contributed by atoms with E-state index in [2.05, 4.69) is 29.8 Å². The molecule has 17 heavy (non-hydrogen) atoms. The molecule has 0 bridgehead atoms. The first kappa shape index (κ1) is 14.5. The molecule has 2 unspecified atom stereocenters. The van der Waals surface area contributed by atoms with Crippen LogP contribution in [-0.4, -0.2) is 9.75 Å². The third kappa shape index (κ3) is 3.68. The van der Waals surface area contributed by atoms with Gasteiger partial charge < -0.3 is 0 Å². The van der Waals surface area contributed by atoms with Gasteiger partial charge in [-0.15, -0.1) is 0 Å². The fourth-order valence-electron chi connectivity index (χ4n) is 1.77. The van der Waals surface area contributed by atoms with Crippen LogP contribution >= 0.6 is 27.5 Å². The molecule has 3 nitrogen and oxygen atoms in total. The topological polar surface area (TPSA) is 43.1 Å². The second-order valence-electron chi connectivity index (χ2n) is 4.10. The van der Waals surface area contributed by atoms with Crippen molar-refractivity contribution in [2.75, 3.05) is 0 Å². The second-order valence-corrected chi connectivity index (χ2v) is 5.68. The Kier molecular flexibility index (Phi) is 5.40. The van der Waals surface area contributed by atoms with Crippen molar-refractivity contribution in [2.24, 2.45) is 5.92 Å². The average Bonchev–Trinajstić information content (AvgIpc) is 2.30. The van der Waals surface area contributed by atoms with E-state index < -0.39 is 0 Å². The molecule has 0 saturated heterocycles. The standard InChI is InChI=1S/C12H15BrClNO2/c1-3-10(13)8(2)7-9-11(14)5-4-6-12(9)15(16)17/h4-6,8,10H,3,7H2,1-2H3. The van der Waals surface area contributed by atoms with Gasteiger partial charge in [-0.3, -0.25) is 10.1 Å². The molecule has 0 fully saturated rings. The minimum absolute atomic E-state index is 0.111. The smallest absolute Gasteiger partial charge is 0.258 e. The molecule has 0 aliphatic heterocycles. The Morgan fingerprint density at radius 1 is 1.53 bits per heavy atom. The third-order valence-corrected chi connectivity index (χ3v) is 4.73. The van der Waals surface area contributed by atoms with E-state index in [9.17, 15) is 10.1 Å². The number of benzene rings is 1. The number of alkyl halides is 1. The van der Waals surface area contributed by atoms with Crippen LogP contribution in [-0.2, 0) is 6.42 Å². The minimum Gasteiger partial charge on any atom is -0.258 e. The Morgan fingerprint density at radius 3 is 2.71 bits per heavy atom. The van der Waals surface area contributed by atoms with Crippen LogP contribution in [0.1, 0.15) is 25.8 Å². The van der Waals surface area contributed by atoms with Gasteiger partial charge in [0.05, 0.1) is 9.95 Å². The molecule has 0 saturated carbocycles. The number of hydrogen-bond donors (Lipinski definition) is 0. The highest BCUT2D eigenvalue weighted by Gasteiger charge is 2.21. The summed E-state index contributed by atoms with van der Waals surface area (Å²) in [5.74, 6) is 0.304. The van der Waals surface area contributed by atoms with Crippen molar-refractivity contribution < 1.29 is 4.92 Å². The van der Waals surface area contributed by atoms with Gasteiger partial charge in [0.2, 0.25) is 0 Å². The van der Waals surface area contributed by atoms with E-state index in [0.717, 1.165) is 6.42 Å². The Labute approximate surface area is 114 Å². The highest BCUT2D eigenvalue weighted by Crippen LogP contribution is 2.31. The minimum atomic E-state index is -0.372. The van der Waals surface area contributed by atoms with Gasteiger partial charge in [-0.2, -0.15) is 0 Å². The molecule has 0 radical (unpaired) electrons. The van der Waals surface area contributed by atoms with E-state index in [-0.39, 0.29) is 10.6 Å². The zero-order chi connectivity index (χ0) is 13.0. The SMILES string of the molecule is CCC(Br)C(C)Cc1c(Cl)cccc1[N+](=O)[O-]. The fraction of sp³-hybridized carbons (Fsp3) is 0.500. The van der Waals surface area contributed by atoms with Crippen molar-refractivity contribution in [3.8, 4) is 0 Å². The summed E-state index contributed by atoms with van der Waals surface area (Å²) < 4.78 is 0. The van der Waals surface area contributed by atoms with Crippen molar-refractivity contribution in [2.45, 2.75) is 31.5 Å². The van der Waals surface area contributed by atoms with E-state index in [4.69, 9.17) is 11.6 Å². The highest BCUT2D eigenvalue weighted by molar-refractivity contribution is 9.09. The van der Waals surface area contributed by atoms with E-state index in [0.29, 0.717) is 27.8 Å². The van der Waals surface area contributed by atoms with Gasteiger partial charge in [0, 0.05) is 16.5 Å². The molecule has 0 amide bonds. The van der Waals surface area contributed by atoms with E-state index in [1.807, 2.05) is 0 Å². The lowest BCUT2D eigenvalue weighted by atomic mass is 9.96. The van der Waals surface area contributed by atoms with Gasteiger partial charge in [-0.05, 0) is 24.8 Å². The molecule has 1 aromatic carbocycles. The Bertz CT molecular complexity index is 411. The maximum absolute atomic E-state index is 10.9. The van der Waals surface area contributed by atoms with Gasteiger partial charge in [-0.25, -0.2) is 0 Å². The van der Waals surface area contributed by atoms with Crippen molar-refractivity contribution in [1.82, 2.24) is 0 Å². The number of nitrogens with zero attached hydrogens (tertiary/aromatic N) is 1. The Morgan fingerprint density at radius 2 is 2.18 bits per heavy atom. The first-order chi connectivity index (χ1) is 7.97. The van der Waals surface area contributed by atoms with Gasteiger partial charge in [-0.1, -0.05) is 47.4 Å². The van der Waals surface area contributed by atoms with Gasteiger partial charge in [0.15, 0.2) is 0 Å². The summed E-state index contributed by atoms with van der Waals surface area (Å²) >= 11 is 9.62. The van der Waals surface area contributed by atoms with Crippen LogP contribution in [0.25, 0.3) is 0 Å². The van der Waals surface area contributed by atoms with Crippen LogP contribution in [0.4, 0.5) is 5.69 Å². The zero-order valence-electron chi connectivity index (χ0n) is 9.82. The molecule has 0 aromatic heterocycles. The molecular weight excluding hydrogens is 305 g/mol. The number of hydrogen-bond acceptors (Lipinski definition) is 2. The van der Waals surface area contributed by atoms with Crippen LogP contribution in [0.3, 0.4) is 0 Å². The summed E-state index contributed by atoms with van der Waals surface area (Å²) in [5.41, 5.74) is 0.740. The second kappa shape index (κ2) is 6.36. The molecule has 2 atom stereocenters. The molecule has 94 valence electrons. The lowest BCUT2D eigenvalue weighted by molar-refractivity contribution is -0.385. The van der Waals surface area contributed by atoms with Gasteiger partial charge >= 0.3 is 0 Å². The summed E-state index contributed by atoms with van der Waals surface area (Å²) in [6.45, 7) is 4.15. The third-order valence-electron chi connectivity index (χ3n) is 2.82. The Balaban J connectivity index is 3.00. The predicted octanol–water partition coefficient (Wildman–Crippen LogP) is 4.60. The van der Waals surface area contributed by atoms with Crippen LogP contribution in [0, 0.1) is 16.0 Å². The van der Waals surface area contributed by atoms with Crippen LogP contribution in [0.15, 0.2) is 18.2 Å². The summed E-state index contributed by atoms with van der Waals surface area (Å²) in [6.07, 6.45) is 1.60. The van der Waals surface area contributed by atoms with E-state index in [1.54, 1.807) is 12.1 Å². The normalized spacial score (nSPS) is 14.4. The number of halogens is 2. The molecule has 0 aliphatic carbocycles. The number of rotatable bonds is 5. The number of nitro groups is 1. The molecule has 1 aromatic rings. The quantitative estimate of drug-likeness (QED) is 0.452. The summed E-state index contributed by atoms with van der Waals surface area (Å²) in [7, 11) is 0. The maximum Gasteiger partial charge on any atom is 0.274 e. The first-order valence-electron chi connectivity index (χ1n) is 5.53. The predicted molar refractivity (Wildman–Crippen MR) is 74.0 cm³/mol. The average molecular weight is 321 g/mol. The molecule has 0 spiro atoms. The summed E-state index contributed by atoms with van der Waals surface area (Å²) in [6, 6.07) is 4.81. The highest BCUT2D eigenvalue weighted by atomic mass is 79.9. The molecule has 0 N–H and O–H groups in total. The maximum atomic E-state index is 10.9. The first-order valence-corrected chi connectivity index (χ1v) is 6.82. The fourth-order valence-corrected chi connectivity index (χ4v) is 2.21.